The maximum absolute atomic E-state index is 10.0. The number of imidazole rings is 1. The molecule has 3 heterocycles. The topological polar surface area (TPSA) is 126 Å². The van der Waals surface area contributed by atoms with E-state index in [4.69, 9.17) is 9.84 Å². The average Bonchev–Trinajstić information content (AvgIpc) is 3.01. The molecule has 9 nitrogen and oxygen atoms in total. The second-order valence-electron chi connectivity index (χ2n) is 4.53. The first kappa shape index (κ1) is 13.2. The monoisotopic (exact) mass is 281 g/mol. The fraction of sp³-hybridized carbons (Fsp3) is 0.545. The van der Waals surface area contributed by atoms with E-state index in [2.05, 4.69) is 20.3 Å². The SMILES string of the molecule is CNc1ncnc2c1ncn2[C@@H]1O[C@H](CO)[C@@H](O)C1O. The number of aromatic nitrogens is 4. The van der Waals surface area contributed by atoms with Crippen LogP contribution in [0.25, 0.3) is 11.2 Å². The molecular weight excluding hydrogens is 266 g/mol. The average molecular weight is 281 g/mol. The third-order valence-corrected chi connectivity index (χ3v) is 3.39. The number of nitrogens with zero attached hydrogens (tertiary/aromatic N) is 4. The van der Waals surface area contributed by atoms with Crippen LogP contribution < -0.4 is 5.32 Å². The fourth-order valence-electron chi connectivity index (χ4n) is 2.33. The van der Waals surface area contributed by atoms with Crippen molar-refractivity contribution in [3.63, 3.8) is 0 Å². The zero-order valence-electron chi connectivity index (χ0n) is 10.7. The van der Waals surface area contributed by atoms with Crippen molar-refractivity contribution in [3.05, 3.63) is 12.7 Å². The van der Waals surface area contributed by atoms with Gasteiger partial charge in [-0.25, -0.2) is 15.0 Å². The highest BCUT2D eigenvalue weighted by molar-refractivity contribution is 5.82. The van der Waals surface area contributed by atoms with Gasteiger partial charge in [-0.05, 0) is 0 Å². The predicted molar refractivity (Wildman–Crippen MR) is 67.9 cm³/mol. The summed E-state index contributed by atoms with van der Waals surface area (Å²) in [5.74, 6) is 0.556. The van der Waals surface area contributed by atoms with Crippen LogP contribution >= 0.6 is 0 Å². The molecule has 2 aromatic rings. The Balaban J connectivity index is 2.03. The molecule has 2 aromatic heterocycles. The van der Waals surface area contributed by atoms with E-state index in [1.165, 1.54) is 17.2 Å². The Morgan fingerprint density at radius 2 is 2.10 bits per heavy atom. The quantitative estimate of drug-likeness (QED) is 0.534. The summed E-state index contributed by atoms with van der Waals surface area (Å²) < 4.78 is 6.97. The minimum absolute atomic E-state index is 0.377. The molecule has 3 rings (SSSR count). The van der Waals surface area contributed by atoms with Crippen molar-refractivity contribution in [1.29, 1.82) is 0 Å². The highest BCUT2D eigenvalue weighted by atomic mass is 16.6. The van der Waals surface area contributed by atoms with Gasteiger partial charge in [0, 0.05) is 7.05 Å². The molecule has 0 aliphatic carbocycles. The van der Waals surface area contributed by atoms with Crippen LogP contribution in [0.15, 0.2) is 12.7 Å². The lowest BCUT2D eigenvalue weighted by atomic mass is 10.1. The lowest BCUT2D eigenvalue weighted by Gasteiger charge is -2.16. The maximum atomic E-state index is 10.0. The molecule has 1 unspecified atom stereocenters. The van der Waals surface area contributed by atoms with Crippen LogP contribution in [0, 0.1) is 0 Å². The Kier molecular flexibility index (Phi) is 3.26. The van der Waals surface area contributed by atoms with Crippen molar-refractivity contribution in [2.24, 2.45) is 0 Å². The van der Waals surface area contributed by atoms with E-state index in [0.29, 0.717) is 17.0 Å². The minimum Gasteiger partial charge on any atom is -0.394 e. The molecule has 1 aliphatic rings. The Morgan fingerprint density at radius 1 is 1.30 bits per heavy atom. The molecular formula is C11H15N5O4. The molecule has 0 saturated carbocycles. The van der Waals surface area contributed by atoms with Gasteiger partial charge in [-0.1, -0.05) is 0 Å². The third kappa shape index (κ3) is 1.83. The van der Waals surface area contributed by atoms with E-state index in [9.17, 15) is 10.2 Å². The summed E-state index contributed by atoms with van der Waals surface area (Å²) in [6.07, 6.45) is -1.19. The zero-order chi connectivity index (χ0) is 14.3. The molecule has 0 radical (unpaired) electrons. The maximum Gasteiger partial charge on any atom is 0.167 e. The van der Waals surface area contributed by atoms with Crippen LogP contribution in [-0.4, -0.2) is 66.8 Å². The molecule has 108 valence electrons. The summed E-state index contributed by atoms with van der Waals surface area (Å²) in [6.45, 7) is -0.377. The van der Waals surface area contributed by atoms with Gasteiger partial charge >= 0.3 is 0 Å². The first-order valence-electron chi connectivity index (χ1n) is 6.15. The third-order valence-electron chi connectivity index (χ3n) is 3.39. The van der Waals surface area contributed by atoms with Crippen molar-refractivity contribution in [3.8, 4) is 0 Å². The normalized spacial score (nSPS) is 30.0. The van der Waals surface area contributed by atoms with Crippen molar-refractivity contribution >= 4 is 17.0 Å². The molecule has 1 saturated heterocycles. The van der Waals surface area contributed by atoms with Gasteiger partial charge in [0.2, 0.25) is 0 Å². The van der Waals surface area contributed by atoms with Gasteiger partial charge < -0.3 is 25.4 Å². The molecule has 0 bridgehead atoms. The lowest BCUT2D eigenvalue weighted by molar-refractivity contribution is -0.0511. The molecule has 1 fully saturated rings. The van der Waals surface area contributed by atoms with Crippen molar-refractivity contribution in [2.75, 3.05) is 19.0 Å². The molecule has 20 heavy (non-hydrogen) atoms. The molecule has 0 aromatic carbocycles. The Hall–Kier alpha value is -1.81. The summed E-state index contributed by atoms with van der Waals surface area (Å²) in [4.78, 5) is 12.3. The molecule has 4 N–H and O–H groups in total. The van der Waals surface area contributed by atoms with Gasteiger partial charge in [0.05, 0.1) is 12.9 Å². The molecule has 4 atom stereocenters. The molecule has 0 amide bonds. The highest BCUT2D eigenvalue weighted by Gasteiger charge is 2.43. The second-order valence-corrected chi connectivity index (χ2v) is 4.53. The van der Waals surface area contributed by atoms with Crippen LogP contribution in [-0.2, 0) is 4.74 Å². The van der Waals surface area contributed by atoms with Gasteiger partial charge in [-0.15, -0.1) is 0 Å². The van der Waals surface area contributed by atoms with E-state index in [1.54, 1.807) is 7.05 Å². The number of aliphatic hydroxyl groups is 3. The van der Waals surface area contributed by atoms with Gasteiger partial charge in [0.1, 0.15) is 30.2 Å². The number of ether oxygens (including phenoxy) is 1. The Labute approximate surface area is 113 Å². The van der Waals surface area contributed by atoms with Crippen LogP contribution in [0.3, 0.4) is 0 Å². The van der Waals surface area contributed by atoms with Crippen molar-refractivity contribution in [2.45, 2.75) is 24.5 Å². The fourth-order valence-corrected chi connectivity index (χ4v) is 2.33. The van der Waals surface area contributed by atoms with Gasteiger partial charge in [-0.2, -0.15) is 0 Å². The predicted octanol–water partition coefficient (Wildman–Crippen LogP) is -1.52. The van der Waals surface area contributed by atoms with Gasteiger partial charge in [0.25, 0.3) is 0 Å². The number of hydrogen-bond acceptors (Lipinski definition) is 8. The van der Waals surface area contributed by atoms with Crippen molar-refractivity contribution < 1.29 is 20.1 Å². The smallest absolute Gasteiger partial charge is 0.167 e. The van der Waals surface area contributed by atoms with E-state index >= 15 is 0 Å². The van der Waals surface area contributed by atoms with E-state index in [0.717, 1.165) is 0 Å². The molecule has 0 spiro atoms. The van der Waals surface area contributed by atoms with E-state index in [1.807, 2.05) is 0 Å². The zero-order valence-corrected chi connectivity index (χ0v) is 10.7. The van der Waals surface area contributed by atoms with Crippen LogP contribution in [0.1, 0.15) is 6.23 Å². The minimum atomic E-state index is -1.17. The summed E-state index contributed by atoms with van der Waals surface area (Å²) in [6, 6.07) is 0. The molecule has 9 heteroatoms. The number of aliphatic hydroxyl groups excluding tert-OH is 3. The second kappa shape index (κ2) is 4.94. The summed E-state index contributed by atoms with van der Waals surface area (Å²) in [5.41, 5.74) is 1.01. The number of hydrogen-bond donors (Lipinski definition) is 4. The number of fused-ring (bicyclic) bond motifs is 1. The highest BCUT2D eigenvalue weighted by Crippen LogP contribution is 2.31. The molecule has 1 aliphatic heterocycles. The van der Waals surface area contributed by atoms with Crippen molar-refractivity contribution in [1.82, 2.24) is 19.5 Å². The number of anilines is 1. The first-order chi connectivity index (χ1) is 9.67. The standard InChI is InChI=1S/C11H15N5O4/c1-12-9-6-10(14-3-13-9)16(4-15-6)11-8(19)7(18)5(2-17)20-11/h3-5,7-8,11,17-19H,2H2,1H3,(H,12,13,14)/t5-,7-,8?,11-/m1/s1. The number of nitrogens with one attached hydrogen (secondary N) is 1. The largest absolute Gasteiger partial charge is 0.394 e. The van der Waals surface area contributed by atoms with Gasteiger partial charge in [-0.3, -0.25) is 4.57 Å². The van der Waals surface area contributed by atoms with E-state index < -0.39 is 24.5 Å². The van der Waals surface area contributed by atoms with Crippen LogP contribution in [0.2, 0.25) is 0 Å². The summed E-state index contributed by atoms with van der Waals surface area (Å²) >= 11 is 0. The first-order valence-corrected chi connectivity index (χ1v) is 6.15. The van der Waals surface area contributed by atoms with Crippen LogP contribution in [0.5, 0.6) is 0 Å². The Morgan fingerprint density at radius 3 is 2.75 bits per heavy atom. The summed E-state index contributed by atoms with van der Waals surface area (Å²) in [7, 11) is 1.72. The van der Waals surface area contributed by atoms with Gasteiger partial charge in [0.15, 0.2) is 17.7 Å². The summed E-state index contributed by atoms with van der Waals surface area (Å²) in [5, 5.41) is 31.8. The Bertz CT molecular complexity index is 618. The number of rotatable bonds is 3. The van der Waals surface area contributed by atoms with E-state index in [-0.39, 0.29) is 6.61 Å². The lowest BCUT2D eigenvalue weighted by Crippen LogP contribution is -2.33. The van der Waals surface area contributed by atoms with Crippen LogP contribution in [0.4, 0.5) is 5.82 Å².